The first-order valence-electron chi connectivity index (χ1n) is 5.82. The molecule has 1 amide bonds. The molecule has 3 heteroatoms. The fourth-order valence-corrected chi connectivity index (χ4v) is 2.12. The molecular weight excluding hydrogens is 202 g/mol. The van der Waals surface area contributed by atoms with Gasteiger partial charge in [-0.3, -0.25) is 4.79 Å². The van der Waals surface area contributed by atoms with Gasteiger partial charge in [-0.2, -0.15) is 0 Å². The van der Waals surface area contributed by atoms with Crippen LogP contribution in [0.1, 0.15) is 24.8 Å². The number of rotatable bonds is 5. The fourth-order valence-electron chi connectivity index (χ4n) is 2.12. The summed E-state index contributed by atoms with van der Waals surface area (Å²) in [4.78, 5) is 13.6. The molecule has 2 rings (SSSR count). The molecule has 1 aliphatic rings. The molecule has 0 radical (unpaired) electrons. The van der Waals surface area contributed by atoms with Gasteiger partial charge in [0.1, 0.15) is 0 Å². The Labute approximate surface area is 95.7 Å². The van der Waals surface area contributed by atoms with Crippen LogP contribution >= 0.6 is 0 Å². The van der Waals surface area contributed by atoms with Gasteiger partial charge in [-0.05, 0) is 30.9 Å². The zero-order chi connectivity index (χ0) is 11.4. The van der Waals surface area contributed by atoms with E-state index in [4.69, 9.17) is 5.11 Å². The van der Waals surface area contributed by atoms with Crippen molar-refractivity contribution in [2.45, 2.75) is 25.7 Å². The molecule has 16 heavy (non-hydrogen) atoms. The Kier molecular flexibility index (Phi) is 3.57. The predicted molar refractivity (Wildman–Crippen MR) is 63.4 cm³/mol. The molecule has 1 aliphatic heterocycles. The Balaban J connectivity index is 1.97. The molecule has 0 bridgehead atoms. The van der Waals surface area contributed by atoms with E-state index in [1.54, 1.807) is 0 Å². The van der Waals surface area contributed by atoms with Gasteiger partial charge in [0.25, 0.3) is 0 Å². The highest BCUT2D eigenvalue weighted by Gasteiger charge is 2.25. The van der Waals surface area contributed by atoms with Gasteiger partial charge in [-0.1, -0.05) is 18.2 Å². The molecule has 0 saturated heterocycles. The smallest absolute Gasteiger partial charge is 0.231 e. The number of carbonyl (C=O) groups is 1. The highest BCUT2D eigenvalue weighted by Crippen LogP contribution is 2.28. The predicted octanol–water partition coefficient (Wildman–Crippen LogP) is 1.74. The molecule has 0 fully saturated rings. The minimum atomic E-state index is 0.199. The van der Waals surface area contributed by atoms with Crippen molar-refractivity contribution >= 4 is 11.6 Å². The maximum atomic E-state index is 11.8. The molecule has 86 valence electrons. The van der Waals surface area contributed by atoms with E-state index in [2.05, 4.69) is 0 Å². The number of nitrogens with zero attached hydrogens (tertiary/aromatic N) is 1. The maximum absolute atomic E-state index is 11.8. The number of amides is 1. The number of aliphatic hydroxyl groups is 1. The Morgan fingerprint density at radius 3 is 2.81 bits per heavy atom. The lowest BCUT2D eigenvalue weighted by Gasteiger charge is -2.17. The van der Waals surface area contributed by atoms with Gasteiger partial charge in [0.05, 0.1) is 6.42 Å². The second-order valence-corrected chi connectivity index (χ2v) is 4.14. The molecule has 3 nitrogen and oxygen atoms in total. The first kappa shape index (κ1) is 11.1. The first-order valence-corrected chi connectivity index (χ1v) is 5.82. The molecule has 0 aromatic heterocycles. The number of unbranched alkanes of at least 4 members (excludes halogenated alkanes) is 2. The number of fused-ring (bicyclic) bond motifs is 1. The fraction of sp³-hybridized carbons (Fsp3) is 0.462. The maximum Gasteiger partial charge on any atom is 0.231 e. The van der Waals surface area contributed by atoms with Gasteiger partial charge in [-0.15, -0.1) is 0 Å². The van der Waals surface area contributed by atoms with Crippen LogP contribution in [0.4, 0.5) is 5.69 Å². The Bertz CT molecular complexity index is 376. The van der Waals surface area contributed by atoms with Crippen molar-refractivity contribution in [1.29, 1.82) is 0 Å². The van der Waals surface area contributed by atoms with Crippen LogP contribution in [0.5, 0.6) is 0 Å². The van der Waals surface area contributed by atoms with E-state index < -0.39 is 0 Å². The van der Waals surface area contributed by atoms with Crippen molar-refractivity contribution in [2.24, 2.45) is 0 Å². The summed E-state index contributed by atoms with van der Waals surface area (Å²) in [6.07, 6.45) is 3.29. The average Bonchev–Trinajstić information content (AvgIpc) is 2.61. The molecule has 1 aromatic rings. The quantitative estimate of drug-likeness (QED) is 0.766. The van der Waals surface area contributed by atoms with E-state index in [-0.39, 0.29) is 12.5 Å². The zero-order valence-electron chi connectivity index (χ0n) is 9.35. The Morgan fingerprint density at radius 1 is 1.19 bits per heavy atom. The molecule has 1 heterocycles. The summed E-state index contributed by atoms with van der Waals surface area (Å²) in [5, 5.41) is 8.69. The third kappa shape index (κ3) is 2.25. The Hall–Kier alpha value is -1.35. The molecular formula is C13H17NO2. The number of carbonyl (C=O) groups excluding carboxylic acids is 1. The summed E-state index contributed by atoms with van der Waals surface area (Å²) >= 11 is 0. The third-order valence-electron chi connectivity index (χ3n) is 2.96. The van der Waals surface area contributed by atoms with Crippen LogP contribution in [0.25, 0.3) is 0 Å². The van der Waals surface area contributed by atoms with Crippen molar-refractivity contribution in [3.63, 3.8) is 0 Å². The minimum Gasteiger partial charge on any atom is -0.396 e. The first-order chi connectivity index (χ1) is 7.83. The Morgan fingerprint density at radius 2 is 2.00 bits per heavy atom. The van der Waals surface area contributed by atoms with Crippen LogP contribution in [-0.2, 0) is 11.2 Å². The number of para-hydroxylation sites is 1. The van der Waals surface area contributed by atoms with Crippen LogP contribution in [0.3, 0.4) is 0 Å². The SMILES string of the molecule is O=C1Cc2ccccc2N1CCCCCO. The average molecular weight is 219 g/mol. The van der Waals surface area contributed by atoms with Gasteiger partial charge < -0.3 is 10.0 Å². The standard InChI is InChI=1S/C13H17NO2/c15-9-5-1-4-8-14-12-7-3-2-6-11(12)10-13(14)16/h2-3,6-7,15H,1,4-5,8-10H2. The zero-order valence-corrected chi connectivity index (χ0v) is 9.35. The van der Waals surface area contributed by atoms with Gasteiger partial charge in [0.2, 0.25) is 5.91 Å². The van der Waals surface area contributed by atoms with Crippen molar-refractivity contribution in [3.05, 3.63) is 29.8 Å². The van der Waals surface area contributed by atoms with E-state index in [1.807, 2.05) is 29.2 Å². The van der Waals surface area contributed by atoms with E-state index in [9.17, 15) is 4.79 Å². The summed E-state index contributed by atoms with van der Waals surface area (Å²) < 4.78 is 0. The van der Waals surface area contributed by atoms with Crippen LogP contribution in [0.15, 0.2) is 24.3 Å². The summed E-state index contributed by atoms with van der Waals surface area (Å²) in [5.41, 5.74) is 2.20. The number of benzene rings is 1. The number of hydrogen-bond acceptors (Lipinski definition) is 2. The van der Waals surface area contributed by atoms with Gasteiger partial charge in [0, 0.05) is 18.8 Å². The molecule has 0 unspecified atom stereocenters. The second kappa shape index (κ2) is 5.12. The lowest BCUT2D eigenvalue weighted by Crippen LogP contribution is -2.27. The van der Waals surface area contributed by atoms with Crippen molar-refractivity contribution in [2.75, 3.05) is 18.1 Å². The largest absolute Gasteiger partial charge is 0.396 e. The monoisotopic (exact) mass is 219 g/mol. The summed E-state index contributed by atoms with van der Waals surface area (Å²) in [6, 6.07) is 7.97. The lowest BCUT2D eigenvalue weighted by atomic mass is 10.2. The minimum absolute atomic E-state index is 0.199. The van der Waals surface area contributed by atoms with E-state index >= 15 is 0 Å². The molecule has 0 aliphatic carbocycles. The molecule has 0 spiro atoms. The summed E-state index contributed by atoms with van der Waals surface area (Å²) in [6.45, 7) is 1.01. The summed E-state index contributed by atoms with van der Waals surface area (Å²) in [7, 11) is 0. The van der Waals surface area contributed by atoms with Crippen LogP contribution in [-0.4, -0.2) is 24.2 Å². The van der Waals surface area contributed by atoms with Crippen molar-refractivity contribution in [1.82, 2.24) is 0 Å². The van der Waals surface area contributed by atoms with E-state index in [1.165, 1.54) is 0 Å². The van der Waals surface area contributed by atoms with Gasteiger partial charge in [-0.25, -0.2) is 0 Å². The molecule has 0 saturated carbocycles. The second-order valence-electron chi connectivity index (χ2n) is 4.14. The van der Waals surface area contributed by atoms with Crippen molar-refractivity contribution < 1.29 is 9.90 Å². The summed E-state index contributed by atoms with van der Waals surface area (Å²) in [5.74, 6) is 0.199. The van der Waals surface area contributed by atoms with Crippen LogP contribution in [0, 0.1) is 0 Å². The topological polar surface area (TPSA) is 40.5 Å². The van der Waals surface area contributed by atoms with Gasteiger partial charge >= 0.3 is 0 Å². The molecule has 0 atom stereocenters. The third-order valence-corrected chi connectivity index (χ3v) is 2.96. The highest BCUT2D eigenvalue weighted by atomic mass is 16.2. The molecule has 1 aromatic carbocycles. The lowest BCUT2D eigenvalue weighted by molar-refractivity contribution is -0.117. The van der Waals surface area contributed by atoms with E-state index in [0.717, 1.165) is 37.1 Å². The van der Waals surface area contributed by atoms with Gasteiger partial charge in [0.15, 0.2) is 0 Å². The number of aliphatic hydroxyl groups excluding tert-OH is 1. The normalized spacial score (nSPS) is 14.3. The molecule has 1 N–H and O–H groups in total. The van der Waals surface area contributed by atoms with Crippen LogP contribution in [0.2, 0.25) is 0 Å². The van der Waals surface area contributed by atoms with Crippen molar-refractivity contribution in [3.8, 4) is 0 Å². The highest BCUT2D eigenvalue weighted by molar-refractivity contribution is 6.01. The van der Waals surface area contributed by atoms with E-state index in [0.29, 0.717) is 6.42 Å². The number of anilines is 1. The van der Waals surface area contributed by atoms with Crippen LogP contribution < -0.4 is 4.90 Å². The number of hydrogen-bond donors (Lipinski definition) is 1.